The lowest BCUT2D eigenvalue weighted by Gasteiger charge is -2.13. The van der Waals surface area contributed by atoms with E-state index in [1.54, 1.807) is 12.4 Å². The number of anilines is 1. The molecule has 3 heteroatoms. The molecule has 1 N–H and O–H groups in total. The third-order valence-corrected chi connectivity index (χ3v) is 2.16. The predicted molar refractivity (Wildman–Crippen MR) is 60.5 cm³/mol. The van der Waals surface area contributed by atoms with Crippen molar-refractivity contribution in [2.24, 2.45) is 0 Å². The molecular weight excluding hydrogens is 186 g/mol. The van der Waals surface area contributed by atoms with E-state index in [0.717, 1.165) is 11.5 Å². The Balaban J connectivity index is 2.08. The molecule has 76 valence electrons. The Hall–Kier alpha value is -1.90. The lowest BCUT2D eigenvalue weighted by atomic mass is 10.2. The zero-order chi connectivity index (χ0) is 10.5. The van der Waals surface area contributed by atoms with Crippen molar-refractivity contribution in [3.63, 3.8) is 0 Å². The average molecular weight is 199 g/mol. The number of rotatable bonds is 3. The first-order chi connectivity index (χ1) is 7.36. The summed E-state index contributed by atoms with van der Waals surface area (Å²) >= 11 is 0. The van der Waals surface area contributed by atoms with Gasteiger partial charge in [0.05, 0.1) is 11.7 Å². The van der Waals surface area contributed by atoms with Crippen LogP contribution in [0.15, 0.2) is 48.8 Å². The Morgan fingerprint density at radius 3 is 2.33 bits per heavy atom. The van der Waals surface area contributed by atoms with Crippen LogP contribution in [0.3, 0.4) is 0 Å². The molecule has 2 aromatic rings. The molecule has 2 rings (SSSR count). The molecule has 3 nitrogen and oxygen atoms in total. The molecule has 0 amide bonds. The molecule has 15 heavy (non-hydrogen) atoms. The average Bonchev–Trinajstić information content (AvgIpc) is 2.31. The molecule has 0 aliphatic carbocycles. The first kappa shape index (κ1) is 9.65. The van der Waals surface area contributed by atoms with Gasteiger partial charge in [0.2, 0.25) is 0 Å². The third kappa shape index (κ3) is 2.53. The van der Waals surface area contributed by atoms with Crippen molar-refractivity contribution in [3.05, 3.63) is 54.5 Å². The highest BCUT2D eigenvalue weighted by atomic mass is 15.0. The summed E-state index contributed by atoms with van der Waals surface area (Å²) in [7, 11) is 0. The van der Waals surface area contributed by atoms with Gasteiger partial charge in [0.25, 0.3) is 0 Å². The van der Waals surface area contributed by atoms with Crippen LogP contribution in [0.25, 0.3) is 0 Å². The van der Waals surface area contributed by atoms with E-state index in [9.17, 15) is 0 Å². The molecule has 0 aliphatic heterocycles. The van der Waals surface area contributed by atoms with E-state index < -0.39 is 0 Å². The van der Waals surface area contributed by atoms with Gasteiger partial charge in [0, 0.05) is 12.4 Å². The Labute approximate surface area is 89.2 Å². The van der Waals surface area contributed by atoms with E-state index in [1.165, 1.54) is 0 Å². The van der Waals surface area contributed by atoms with Gasteiger partial charge in [-0.05, 0) is 31.2 Å². The van der Waals surface area contributed by atoms with E-state index >= 15 is 0 Å². The van der Waals surface area contributed by atoms with Gasteiger partial charge in [-0.1, -0.05) is 12.1 Å². The number of hydrogen-bond acceptors (Lipinski definition) is 3. The lowest BCUT2D eigenvalue weighted by Crippen LogP contribution is -2.08. The van der Waals surface area contributed by atoms with E-state index in [1.807, 2.05) is 36.4 Å². The van der Waals surface area contributed by atoms with Crippen LogP contribution in [0.1, 0.15) is 18.7 Å². The largest absolute Gasteiger partial charge is 0.362 e. The highest BCUT2D eigenvalue weighted by Crippen LogP contribution is 2.14. The first-order valence-electron chi connectivity index (χ1n) is 4.95. The second-order valence-corrected chi connectivity index (χ2v) is 3.34. The molecule has 0 bridgehead atoms. The van der Waals surface area contributed by atoms with Crippen molar-refractivity contribution < 1.29 is 0 Å². The van der Waals surface area contributed by atoms with Crippen molar-refractivity contribution in [2.75, 3.05) is 5.32 Å². The Kier molecular flexibility index (Phi) is 2.93. The Bertz CT molecular complexity index is 400. The van der Waals surface area contributed by atoms with Crippen LogP contribution in [0, 0.1) is 0 Å². The van der Waals surface area contributed by atoms with Crippen LogP contribution in [0.5, 0.6) is 0 Å². The zero-order valence-corrected chi connectivity index (χ0v) is 8.59. The molecule has 0 aromatic carbocycles. The van der Waals surface area contributed by atoms with Gasteiger partial charge in [-0.25, -0.2) is 4.98 Å². The quantitative estimate of drug-likeness (QED) is 0.825. The molecule has 0 aliphatic rings. The van der Waals surface area contributed by atoms with Gasteiger partial charge in [0.1, 0.15) is 5.82 Å². The molecule has 0 saturated heterocycles. The topological polar surface area (TPSA) is 37.8 Å². The van der Waals surface area contributed by atoms with Crippen molar-refractivity contribution >= 4 is 5.82 Å². The summed E-state index contributed by atoms with van der Waals surface area (Å²) in [5.41, 5.74) is 1.02. The summed E-state index contributed by atoms with van der Waals surface area (Å²) in [6.45, 7) is 2.07. The molecule has 2 heterocycles. The van der Waals surface area contributed by atoms with Crippen molar-refractivity contribution in [2.45, 2.75) is 13.0 Å². The molecule has 0 radical (unpaired) electrons. The van der Waals surface area contributed by atoms with Crippen LogP contribution < -0.4 is 5.32 Å². The standard InChI is InChI=1S/C12H13N3/c1-10(11-6-2-4-8-13-11)15-12-7-3-5-9-14-12/h2-10H,1H3,(H,14,15). The number of aromatic nitrogens is 2. The van der Waals surface area contributed by atoms with E-state index in [2.05, 4.69) is 22.2 Å². The number of nitrogens with one attached hydrogen (secondary N) is 1. The van der Waals surface area contributed by atoms with E-state index in [0.29, 0.717) is 0 Å². The summed E-state index contributed by atoms with van der Waals surface area (Å²) in [5, 5.41) is 3.28. The molecular formula is C12H13N3. The number of hydrogen-bond donors (Lipinski definition) is 1. The van der Waals surface area contributed by atoms with Crippen LogP contribution in [0.2, 0.25) is 0 Å². The molecule has 0 saturated carbocycles. The Morgan fingerprint density at radius 2 is 1.73 bits per heavy atom. The second kappa shape index (κ2) is 4.55. The maximum atomic E-state index is 4.28. The van der Waals surface area contributed by atoms with E-state index in [4.69, 9.17) is 0 Å². The maximum absolute atomic E-state index is 4.28. The molecule has 1 unspecified atom stereocenters. The van der Waals surface area contributed by atoms with E-state index in [-0.39, 0.29) is 6.04 Å². The minimum Gasteiger partial charge on any atom is -0.362 e. The van der Waals surface area contributed by atoms with Crippen molar-refractivity contribution in [1.29, 1.82) is 0 Å². The van der Waals surface area contributed by atoms with Gasteiger partial charge in [-0.2, -0.15) is 0 Å². The van der Waals surface area contributed by atoms with Gasteiger partial charge in [-0.3, -0.25) is 4.98 Å². The van der Waals surface area contributed by atoms with Crippen LogP contribution in [0.4, 0.5) is 5.82 Å². The minimum atomic E-state index is 0.168. The van der Waals surface area contributed by atoms with Gasteiger partial charge in [-0.15, -0.1) is 0 Å². The highest BCUT2D eigenvalue weighted by molar-refractivity contribution is 5.35. The van der Waals surface area contributed by atoms with Crippen molar-refractivity contribution in [3.8, 4) is 0 Å². The fraction of sp³-hybridized carbons (Fsp3) is 0.167. The van der Waals surface area contributed by atoms with Crippen molar-refractivity contribution in [1.82, 2.24) is 9.97 Å². The van der Waals surface area contributed by atoms with Gasteiger partial charge < -0.3 is 5.32 Å². The summed E-state index contributed by atoms with van der Waals surface area (Å²) in [6, 6.07) is 11.9. The minimum absolute atomic E-state index is 0.168. The summed E-state index contributed by atoms with van der Waals surface area (Å²) < 4.78 is 0. The fourth-order valence-electron chi connectivity index (χ4n) is 1.38. The summed E-state index contributed by atoms with van der Waals surface area (Å²) in [4.78, 5) is 8.49. The highest BCUT2D eigenvalue weighted by Gasteiger charge is 2.05. The van der Waals surface area contributed by atoms with Gasteiger partial charge >= 0.3 is 0 Å². The van der Waals surface area contributed by atoms with Crippen LogP contribution in [-0.2, 0) is 0 Å². The molecule has 0 spiro atoms. The van der Waals surface area contributed by atoms with Crippen LogP contribution >= 0.6 is 0 Å². The predicted octanol–water partition coefficient (Wildman–Crippen LogP) is 2.65. The van der Waals surface area contributed by atoms with Crippen LogP contribution in [-0.4, -0.2) is 9.97 Å². The molecule has 2 aromatic heterocycles. The number of pyridine rings is 2. The first-order valence-corrected chi connectivity index (χ1v) is 4.95. The zero-order valence-electron chi connectivity index (χ0n) is 8.59. The normalized spacial score (nSPS) is 12.1. The monoisotopic (exact) mass is 199 g/mol. The molecule has 1 atom stereocenters. The third-order valence-electron chi connectivity index (χ3n) is 2.16. The lowest BCUT2D eigenvalue weighted by molar-refractivity contribution is 0.832. The summed E-state index contributed by atoms with van der Waals surface area (Å²) in [6.07, 6.45) is 3.57. The fourth-order valence-corrected chi connectivity index (χ4v) is 1.38. The summed E-state index contributed by atoms with van der Waals surface area (Å²) in [5.74, 6) is 0.871. The number of nitrogens with zero attached hydrogens (tertiary/aromatic N) is 2. The SMILES string of the molecule is CC(Nc1ccccn1)c1ccccn1. The maximum Gasteiger partial charge on any atom is 0.126 e. The molecule has 0 fully saturated rings. The van der Waals surface area contributed by atoms with Gasteiger partial charge in [0.15, 0.2) is 0 Å². The smallest absolute Gasteiger partial charge is 0.126 e. The Morgan fingerprint density at radius 1 is 1.00 bits per heavy atom. The second-order valence-electron chi connectivity index (χ2n) is 3.34.